The Balaban J connectivity index is 1.78. The number of halogens is 1. The molecule has 0 aliphatic rings. The van der Waals surface area contributed by atoms with Gasteiger partial charge in [0, 0.05) is 12.6 Å². The summed E-state index contributed by atoms with van der Waals surface area (Å²) in [6.07, 6.45) is 1.65. The first-order valence-corrected chi connectivity index (χ1v) is 5.85. The van der Waals surface area contributed by atoms with E-state index in [9.17, 15) is 0 Å². The van der Waals surface area contributed by atoms with Crippen molar-refractivity contribution in [2.24, 2.45) is 0 Å². The summed E-state index contributed by atoms with van der Waals surface area (Å²) < 4.78 is 6.12. The second-order valence-electron chi connectivity index (χ2n) is 2.84. The predicted octanol–water partition coefficient (Wildman–Crippen LogP) is 2.79. The highest BCUT2D eigenvalue weighted by molar-refractivity contribution is 9.11. The van der Waals surface area contributed by atoms with Crippen LogP contribution in [0.2, 0.25) is 0 Å². The van der Waals surface area contributed by atoms with Crippen molar-refractivity contribution in [2.45, 2.75) is 13.1 Å². The lowest BCUT2D eigenvalue weighted by Gasteiger charge is -1.98. The highest BCUT2D eigenvalue weighted by atomic mass is 79.9. The zero-order chi connectivity index (χ0) is 9.80. The van der Waals surface area contributed by atoms with Crippen LogP contribution in [0.15, 0.2) is 32.0 Å². The second-order valence-corrected chi connectivity index (χ2v) is 5.13. The minimum Gasteiger partial charge on any atom is -0.360 e. The van der Waals surface area contributed by atoms with Crippen LogP contribution in [-0.2, 0) is 13.1 Å². The molecule has 74 valence electrons. The Morgan fingerprint density at radius 3 is 3.07 bits per heavy atom. The van der Waals surface area contributed by atoms with Gasteiger partial charge in [-0.1, -0.05) is 5.16 Å². The first kappa shape index (κ1) is 9.89. The molecule has 2 rings (SSSR count). The normalized spacial score (nSPS) is 10.6. The van der Waals surface area contributed by atoms with Gasteiger partial charge in [-0.05, 0) is 32.9 Å². The van der Waals surface area contributed by atoms with Crippen LogP contribution < -0.4 is 5.32 Å². The Hall–Kier alpha value is -0.650. The van der Waals surface area contributed by atoms with Crippen molar-refractivity contribution in [2.75, 3.05) is 0 Å². The van der Waals surface area contributed by atoms with Crippen LogP contribution in [0.4, 0.5) is 0 Å². The van der Waals surface area contributed by atoms with Gasteiger partial charge < -0.3 is 9.84 Å². The molecular formula is C9H9BrN2OS. The minimum atomic E-state index is 0.716. The topological polar surface area (TPSA) is 38.1 Å². The van der Waals surface area contributed by atoms with E-state index in [0.717, 1.165) is 16.1 Å². The first-order chi connectivity index (χ1) is 6.84. The maximum absolute atomic E-state index is 4.96. The van der Waals surface area contributed by atoms with Crippen molar-refractivity contribution >= 4 is 27.3 Å². The molecular weight excluding hydrogens is 264 g/mol. The SMILES string of the molecule is Brc1cc(CNCc2ccno2)cs1. The highest BCUT2D eigenvalue weighted by Crippen LogP contribution is 2.20. The Labute approximate surface area is 94.2 Å². The third-order valence-corrected chi connectivity index (χ3v) is 3.29. The summed E-state index contributed by atoms with van der Waals surface area (Å²) in [6, 6.07) is 3.97. The van der Waals surface area contributed by atoms with E-state index in [4.69, 9.17) is 4.52 Å². The van der Waals surface area contributed by atoms with Crippen LogP contribution in [0.3, 0.4) is 0 Å². The lowest BCUT2D eigenvalue weighted by Crippen LogP contribution is -2.11. The van der Waals surface area contributed by atoms with Gasteiger partial charge in [0.15, 0.2) is 0 Å². The van der Waals surface area contributed by atoms with Gasteiger partial charge in [-0.3, -0.25) is 0 Å². The fourth-order valence-corrected chi connectivity index (χ4v) is 2.31. The smallest absolute Gasteiger partial charge is 0.150 e. The van der Waals surface area contributed by atoms with Gasteiger partial charge in [0.25, 0.3) is 0 Å². The Kier molecular flexibility index (Phi) is 3.34. The Bertz CT molecular complexity index is 385. The van der Waals surface area contributed by atoms with Crippen LogP contribution in [0.5, 0.6) is 0 Å². The second kappa shape index (κ2) is 4.72. The first-order valence-electron chi connectivity index (χ1n) is 4.18. The molecule has 0 amide bonds. The molecule has 0 saturated carbocycles. The standard InChI is InChI=1S/C9H9BrN2OS/c10-9-3-7(6-14-9)4-11-5-8-1-2-12-13-8/h1-3,6,11H,4-5H2. The van der Waals surface area contributed by atoms with Gasteiger partial charge >= 0.3 is 0 Å². The number of aromatic nitrogens is 1. The third kappa shape index (κ3) is 2.67. The molecule has 0 spiro atoms. The number of hydrogen-bond acceptors (Lipinski definition) is 4. The van der Waals surface area contributed by atoms with Gasteiger partial charge in [-0.15, -0.1) is 11.3 Å². The molecule has 1 N–H and O–H groups in total. The van der Waals surface area contributed by atoms with E-state index in [-0.39, 0.29) is 0 Å². The molecule has 2 aromatic rings. The van der Waals surface area contributed by atoms with E-state index in [2.05, 4.69) is 37.8 Å². The molecule has 14 heavy (non-hydrogen) atoms. The molecule has 0 aliphatic carbocycles. The van der Waals surface area contributed by atoms with Crippen molar-refractivity contribution < 1.29 is 4.52 Å². The van der Waals surface area contributed by atoms with Crippen molar-refractivity contribution in [3.63, 3.8) is 0 Å². The van der Waals surface area contributed by atoms with E-state index in [1.807, 2.05) is 6.07 Å². The highest BCUT2D eigenvalue weighted by Gasteiger charge is 1.98. The molecule has 0 saturated heterocycles. The minimum absolute atomic E-state index is 0.716. The van der Waals surface area contributed by atoms with E-state index in [1.54, 1.807) is 17.5 Å². The Morgan fingerprint density at radius 1 is 1.50 bits per heavy atom. The maximum atomic E-state index is 4.96. The fourth-order valence-electron chi connectivity index (χ4n) is 1.10. The monoisotopic (exact) mass is 272 g/mol. The maximum Gasteiger partial charge on any atom is 0.150 e. The van der Waals surface area contributed by atoms with E-state index < -0.39 is 0 Å². The van der Waals surface area contributed by atoms with Gasteiger partial charge in [0.1, 0.15) is 5.76 Å². The van der Waals surface area contributed by atoms with E-state index in [1.165, 1.54) is 5.56 Å². The molecule has 0 atom stereocenters. The molecule has 0 bridgehead atoms. The van der Waals surface area contributed by atoms with E-state index in [0.29, 0.717) is 6.54 Å². The average Bonchev–Trinajstić information content (AvgIpc) is 2.77. The fraction of sp³-hybridized carbons (Fsp3) is 0.222. The van der Waals surface area contributed by atoms with Crippen LogP contribution >= 0.6 is 27.3 Å². The number of nitrogens with zero attached hydrogens (tertiary/aromatic N) is 1. The molecule has 3 nitrogen and oxygen atoms in total. The molecule has 0 aliphatic heterocycles. The number of hydrogen-bond donors (Lipinski definition) is 1. The van der Waals surface area contributed by atoms with Crippen LogP contribution in [0.1, 0.15) is 11.3 Å². The number of nitrogens with one attached hydrogen (secondary N) is 1. The lowest BCUT2D eigenvalue weighted by molar-refractivity contribution is 0.373. The summed E-state index contributed by atoms with van der Waals surface area (Å²) in [4.78, 5) is 0. The van der Waals surface area contributed by atoms with Crippen LogP contribution in [0, 0.1) is 0 Å². The molecule has 0 fully saturated rings. The van der Waals surface area contributed by atoms with Crippen molar-refractivity contribution in [1.29, 1.82) is 0 Å². The molecule has 5 heteroatoms. The van der Waals surface area contributed by atoms with E-state index >= 15 is 0 Å². The summed E-state index contributed by atoms with van der Waals surface area (Å²) in [7, 11) is 0. The van der Waals surface area contributed by atoms with Crippen LogP contribution in [0.25, 0.3) is 0 Å². The van der Waals surface area contributed by atoms with Crippen LogP contribution in [-0.4, -0.2) is 5.16 Å². The summed E-state index contributed by atoms with van der Waals surface area (Å²) in [6.45, 7) is 1.57. The van der Waals surface area contributed by atoms with Gasteiger partial charge in [-0.25, -0.2) is 0 Å². The van der Waals surface area contributed by atoms with Gasteiger partial charge in [0.2, 0.25) is 0 Å². The number of thiophene rings is 1. The molecule has 0 unspecified atom stereocenters. The molecule has 0 aromatic carbocycles. The summed E-state index contributed by atoms with van der Waals surface area (Å²) >= 11 is 5.12. The summed E-state index contributed by atoms with van der Waals surface area (Å²) in [5.41, 5.74) is 1.28. The van der Waals surface area contributed by atoms with Crippen molar-refractivity contribution in [1.82, 2.24) is 10.5 Å². The van der Waals surface area contributed by atoms with Gasteiger partial charge in [0.05, 0.1) is 16.5 Å². The molecule has 0 radical (unpaired) electrons. The quantitative estimate of drug-likeness (QED) is 0.930. The zero-order valence-electron chi connectivity index (χ0n) is 7.37. The zero-order valence-corrected chi connectivity index (χ0v) is 9.77. The largest absolute Gasteiger partial charge is 0.360 e. The Morgan fingerprint density at radius 2 is 2.43 bits per heavy atom. The van der Waals surface area contributed by atoms with Gasteiger partial charge in [-0.2, -0.15) is 0 Å². The average molecular weight is 273 g/mol. The number of rotatable bonds is 4. The lowest BCUT2D eigenvalue weighted by atomic mass is 10.3. The van der Waals surface area contributed by atoms with Crippen molar-refractivity contribution in [3.05, 3.63) is 38.8 Å². The summed E-state index contributed by atoms with van der Waals surface area (Å²) in [5, 5.41) is 9.02. The third-order valence-electron chi connectivity index (χ3n) is 1.74. The summed E-state index contributed by atoms with van der Waals surface area (Å²) in [5.74, 6) is 0.860. The molecule has 2 heterocycles. The predicted molar refractivity (Wildman–Crippen MR) is 59.1 cm³/mol. The molecule has 2 aromatic heterocycles. The van der Waals surface area contributed by atoms with Crippen molar-refractivity contribution in [3.8, 4) is 0 Å².